The van der Waals surface area contributed by atoms with Crippen molar-refractivity contribution in [2.75, 3.05) is 22.9 Å². The largest absolute Gasteiger partial charge is 0.416 e. The molecule has 1 aromatic heterocycles. The van der Waals surface area contributed by atoms with Crippen molar-refractivity contribution in [2.45, 2.75) is 50.9 Å². The van der Waals surface area contributed by atoms with E-state index in [0.29, 0.717) is 43.6 Å². The number of benzene rings is 3. The maximum absolute atomic E-state index is 13.3. The normalized spacial score (nSPS) is 16.2. The first kappa shape index (κ1) is 31.3. The van der Waals surface area contributed by atoms with Gasteiger partial charge in [-0.3, -0.25) is 14.6 Å². The van der Waals surface area contributed by atoms with Crippen molar-refractivity contribution in [3.8, 4) is 33.5 Å². The number of carbonyl (C=O) groups is 2. The fourth-order valence-electron chi connectivity index (χ4n) is 5.92. The second-order valence-electron chi connectivity index (χ2n) is 11.5. The molecule has 0 atom stereocenters. The van der Waals surface area contributed by atoms with Crippen LogP contribution < -0.4 is 9.80 Å². The van der Waals surface area contributed by atoms with E-state index in [4.69, 9.17) is 0 Å². The third kappa shape index (κ3) is 6.63. The molecule has 0 bridgehead atoms. The van der Waals surface area contributed by atoms with Gasteiger partial charge >= 0.3 is 12.4 Å². The van der Waals surface area contributed by atoms with Crippen molar-refractivity contribution in [1.82, 2.24) is 4.98 Å². The van der Waals surface area contributed by atoms with Crippen molar-refractivity contribution in [3.05, 3.63) is 90.1 Å². The third-order valence-electron chi connectivity index (χ3n) is 8.37. The monoisotopic (exact) mass is 637 g/mol. The molecule has 0 saturated carbocycles. The maximum atomic E-state index is 13.3. The first-order valence-corrected chi connectivity index (χ1v) is 15.0. The van der Waals surface area contributed by atoms with E-state index < -0.39 is 23.5 Å². The van der Waals surface area contributed by atoms with Gasteiger partial charge in [0.05, 0.1) is 16.8 Å². The van der Waals surface area contributed by atoms with Crippen LogP contribution in [0.4, 0.5) is 37.7 Å². The van der Waals surface area contributed by atoms with E-state index in [-0.39, 0.29) is 29.1 Å². The molecule has 0 aliphatic carbocycles. The van der Waals surface area contributed by atoms with Crippen molar-refractivity contribution < 1.29 is 35.9 Å². The molecule has 2 amide bonds. The van der Waals surface area contributed by atoms with E-state index in [2.05, 4.69) is 4.98 Å². The van der Waals surface area contributed by atoms with E-state index in [1.165, 1.54) is 12.3 Å². The third-order valence-corrected chi connectivity index (χ3v) is 8.37. The first-order valence-electron chi connectivity index (χ1n) is 15.0. The number of pyridine rings is 1. The SMILES string of the molecule is O=C1CCCCN1c1cc(-c2ccc(-c3ccc(-c4cc(C(F)(F)F)cc(C(F)(F)F)c4)nc3)cc2)cc(N2CCCCC2=O)c1. The summed E-state index contributed by atoms with van der Waals surface area (Å²) < 4.78 is 80.0. The Labute approximate surface area is 261 Å². The maximum Gasteiger partial charge on any atom is 0.416 e. The standard InChI is InChI=1S/C35H29F6N3O2/c36-34(37,38)27-15-26(16-28(19-27)35(39,40)41)31-12-11-24(21-42-31)22-7-9-23(10-8-22)25-17-29(43-13-3-1-5-32(43)45)20-30(18-25)44-14-4-2-6-33(44)46/h7-12,15-21H,1-6,13-14H2. The molecule has 5 nitrogen and oxygen atoms in total. The van der Waals surface area contributed by atoms with E-state index in [0.717, 1.165) is 53.7 Å². The number of amides is 2. The smallest absolute Gasteiger partial charge is 0.312 e. The fraction of sp³-hybridized carbons (Fsp3) is 0.286. The van der Waals surface area contributed by atoms with Crippen molar-refractivity contribution in [2.24, 2.45) is 0 Å². The molecule has 2 aliphatic heterocycles. The molecule has 238 valence electrons. The Morgan fingerprint density at radius 2 is 1.00 bits per heavy atom. The molecule has 2 saturated heterocycles. The molecule has 6 rings (SSSR count). The molecule has 2 fully saturated rings. The molecule has 0 unspecified atom stereocenters. The van der Waals surface area contributed by atoms with Gasteiger partial charge in [-0.05, 0) is 84.8 Å². The van der Waals surface area contributed by atoms with Gasteiger partial charge in [-0.2, -0.15) is 26.3 Å². The van der Waals surface area contributed by atoms with Crippen LogP contribution in [-0.2, 0) is 21.9 Å². The second kappa shape index (κ2) is 12.3. The van der Waals surface area contributed by atoms with E-state index in [1.807, 2.05) is 42.5 Å². The van der Waals surface area contributed by atoms with Crippen LogP contribution >= 0.6 is 0 Å². The summed E-state index contributed by atoms with van der Waals surface area (Å²) in [7, 11) is 0. The predicted molar refractivity (Wildman–Crippen MR) is 163 cm³/mol. The molecule has 3 aromatic carbocycles. The lowest BCUT2D eigenvalue weighted by Crippen LogP contribution is -2.37. The molecule has 0 spiro atoms. The molecule has 4 aromatic rings. The number of aromatic nitrogens is 1. The van der Waals surface area contributed by atoms with Gasteiger partial charge in [0.15, 0.2) is 0 Å². The number of nitrogens with zero attached hydrogens (tertiary/aromatic N) is 3. The molecule has 0 N–H and O–H groups in total. The lowest BCUT2D eigenvalue weighted by Gasteiger charge is -2.31. The molecular formula is C35H29F6N3O2. The van der Waals surface area contributed by atoms with Crippen LogP contribution in [0.5, 0.6) is 0 Å². The number of hydrogen-bond donors (Lipinski definition) is 0. The first-order chi connectivity index (χ1) is 21.9. The summed E-state index contributed by atoms with van der Waals surface area (Å²) >= 11 is 0. The highest BCUT2D eigenvalue weighted by molar-refractivity contribution is 5.99. The Morgan fingerprint density at radius 3 is 1.43 bits per heavy atom. The van der Waals surface area contributed by atoms with Gasteiger partial charge in [0.1, 0.15) is 0 Å². The van der Waals surface area contributed by atoms with Crippen molar-refractivity contribution in [3.63, 3.8) is 0 Å². The average Bonchev–Trinajstić information content (AvgIpc) is 3.04. The van der Waals surface area contributed by atoms with Gasteiger partial charge in [-0.1, -0.05) is 30.3 Å². The summed E-state index contributed by atoms with van der Waals surface area (Å²) in [4.78, 5) is 33.3. The zero-order chi connectivity index (χ0) is 32.6. The zero-order valence-corrected chi connectivity index (χ0v) is 24.6. The minimum atomic E-state index is -4.95. The van der Waals surface area contributed by atoms with Gasteiger partial charge < -0.3 is 9.80 Å². The van der Waals surface area contributed by atoms with Gasteiger partial charge in [0, 0.05) is 54.6 Å². The molecule has 46 heavy (non-hydrogen) atoms. The Morgan fingerprint density at radius 1 is 0.522 bits per heavy atom. The summed E-state index contributed by atoms with van der Waals surface area (Å²) in [5.74, 6) is 0.0933. The molecular weight excluding hydrogens is 608 g/mol. The lowest BCUT2D eigenvalue weighted by atomic mass is 9.98. The number of rotatable bonds is 5. The number of anilines is 2. The van der Waals surface area contributed by atoms with Gasteiger partial charge in [-0.25, -0.2) is 0 Å². The highest BCUT2D eigenvalue weighted by atomic mass is 19.4. The molecule has 3 heterocycles. The van der Waals surface area contributed by atoms with Crippen LogP contribution in [-0.4, -0.2) is 29.9 Å². The Kier molecular flexibility index (Phi) is 8.35. The minimum Gasteiger partial charge on any atom is -0.312 e. The molecule has 2 aliphatic rings. The fourth-order valence-corrected chi connectivity index (χ4v) is 5.92. The lowest BCUT2D eigenvalue weighted by molar-refractivity contribution is -0.143. The number of alkyl halides is 6. The highest BCUT2D eigenvalue weighted by Crippen LogP contribution is 2.39. The van der Waals surface area contributed by atoms with E-state index in [9.17, 15) is 35.9 Å². The van der Waals surface area contributed by atoms with Crippen molar-refractivity contribution >= 4 is 23.2 Å². The average molecular weight is 638 g/mol. The Hall–Kier alpha value is -4.67. The number of piperidine rings is 2. The van der Waals surface area contributed by atoms with Crippen LogP contribution in [0.25, 0.3) is 33.5 Å². The summed E-state index contributed by atoms with van der Waals surface area (Å²) in [6.45, 7) is 1.21. The minimum absolute atomic E-state index is 0.0270. The Bertz CT molecular complexity index is 1690. The zero-order valence-electron chi connectivity index (χ0n) is 24.6. The van der Waals surface area contributed by atoms with Crippen molar-refractivity contribution in [1.29, 1.82) is 0 Å². The van der Waals surface area contributed by atoms with E-state index >= 15 is 0 Å². The van der Waals surface area contributed by atoms with Gasteiger partial charge in [0.25, 0.3) is 0 Å². The van der Waals surface area contributed by atoms with Crippen LogP contribution in [0, 0.1) is 0 Å². The summed E-state index contributed by atoms with van der Waals surface area (Å²) in [5.41, 5.74) is 1.37. The number of halogens is 6. The Balaban J connectivity index is 1.30. The molecule has 0 radical (unpaired) electrons. The number of hydrogen-bond acceptors (Lipinski definition) is 3. The molecule has 11 heteroatoms. The van der Waals surface area contributed by atoms with Crippen LogP contribution in [0.1, 0.15) is 49.7 Å². The predicted octanol–water partition coefficient (Wildman–Crippen LogP) is 9.15. The number of carbonyl (C=O) groups excluding carboxylic acids is 2. The summed E-state index contributed by atoms with van der Waals surface area (Å²) in [5, 5.41) is 0. The highest BCUT2D eigenvalue weighted by Gasteiger charge is 2.37. The van der Waals surface area contributed by atoms with E-state index in [1.54, 1.807) is 15.9 Å². The second-order valence-corrected chi connectivity index (χ2v) is 11.5. The topological polar surface area (TPSA) is 53.5 Å². The van der Waals surface area contributed by atoms with Gasteiger partial charge in [0.2, 0.25) is 11.8 Å². The van der Waals surface area contributed by atoms with Crippen LogP contribution in [0.2, 0.25) is 0 Å². The van der Waals surface area contributed by atoms with Crippen LogP contribution in [0.15, 0.2) is 79.0 Å². The summed E-state index contributed by atoms with van der Waals surface area (Å²) in [6.07, 6.45) is -4.08. The quantitative estimate of drug-likeness (QED) is 0.205. The van der Waals surface area contributed by atoms with Gasteiger partial charge in [-0.15, -0.1) is 0 Å². The summed E-state index contributed by atoms with van der Waals surface area (Å²) in [6, 6.07) is 17.6. The van der Waals surface area contributed by atoms with Crippen LogP contribution in [0.3, 0.4) is 0 Å².